The second-order valence-corrected chi connectivity index (χ2v) is 5.21. The van der Waals surface area contributed by atoms with Crippen LogP contribution in [-0.4, -0.2) is 6.29 Å². The topological polar surface area (TPSA) is 17.1 Å². The molecule has 0 aromatic carbocycles. The first kappa shape index (κ1) is 10.7. The number of aldehydes is 1. The molecule has 1 rings (SSSR count). The number of carbonyl (C=O) groups excluding carboxylic acids is 1. The van der Waals surface area contributed by atoms with Gasteiger partial charge in [0.25, 0.3) is 0 Å². The molecule has 0 aromatic rings. The summed E-state index contributed by atoms with van der Waals surface area (Å²) in [7, 11) is 0. The molecule has 0 radical (unpaired) electrons. The molecule has 0 aliphatic heterocycles. The third kappa shape index (κ3) is 3.93. The molecule has 1 fully saturated rings. The fourth-order valence-electron chi connectivity index (χ4n) is 2.24. The molecule has 0 atom stereocenters. The zero-order chi connectivity index (χ0) is 9.73. The van der Waals surface area contributed by atoms with E-state index >= 15 is 0 Å². The van der Waals surface area contributed by atoms with Crippen molar-refractivity contribution < 1.29 is 4.79 Å². The summed E-state index contributed by atoms with van der Waals surface area (Å²) in [6, 6.07) is 0. The molecule has 0 saturated heterocycles. The van der Waals surface area contributed by atoms with E-state index in [4.69, 9.17) is 0 Å². The molecule has 1 aliphatic rings. The van der Waals surface area contributed by atoms with Crippen molar-refractivity contribution in [1.29, 1.82) is 0 Å². The SMILES string of the molecule is CC1(C)CCC(CCCC=O)CC1. The standard InChI is InChI=1S/C12H22O/c1-12(2)8-6-11(7-9-12)5-3-4-10-13/h10-11H,3-9H2,1-2H3. The van der Waals surface area contributed by atoms with E-state index in [9.17, 15) is 4.79 Å². The maximum absolute atomic E-state index is 10.1. The van der Waals surface area contributed by atoms with Crippen LogP contribution in [0.5, 0.6) is 0 Å². The minimum atomic E-state index is 0.584. The van der Waals surface area contributed by atoms with Crippen molar-refractivity contribution >= 4 is 6.29 Å². The van der Waals surface area contributed by atoms with Gasteiger partial charge in [0.15, 0.2) is 0 Å². The smallest absolute Gasteiger partial charge is 0.119 e. The van der Waals surface area contributed by atoms with E-state index in [1.165, 1.54) is 32.1 Å². The maximum Gasteiger partial charge on any atom is 0.119 e. The van der Waals surface area contributed by atoms with Crippen LogP contribution in [0.25, 0.3) is 0 Å². The van der Waals surface area contributed by atoms with Crippen molar-refractivity contribution in [3.63, 3.8) is 0 Å². The molecule has 0 amide bonds. The summed E-state index contributed by atoms with van der Waals surface area (Å²) in [5, 5.41) is 0. The van der Waals surface area contributed by atoms with Crippen molar-refractivity contribution in [1.82, 2.24) is 0 Å². The normalized spacial score (nSPS) is 22.9. The Balaban J connectivity index is 2.14. The summed E-state index contributed by atoms with van der Waals surface area (Å²) in [4.78, 5) is 10.1. The van der Waals surface area contributed by atoms with Crippen molar-refractivity contribution in [2.75, 3.05) is 0 Å². The Morgan fingerprint density at radius 1 is 1.31 bits per heavy atom. The minimum Gasteiger partial charge on any atom is -0.303 e. The van der Waals surface area contributed by atoms with Crippen LogP contribution >= 0.6 is 0 Å². The van der Waals surface area contributed by atoms with Crippen LogP contribution in [-0.2, 0) is 4.79 Å². The highest BCUT2D eigenvalue weighted by atomic mass is 16.1. The number of hydrogen-bond acceptors (Lipinski definition) is 1. The lowest BCUT2D eigenvalue weighted by Crippen LogP contribution is -2.21. The quantitative estimate of drug-likeness (QED) is 0.480. The lowest BCUT2D eigenvalue weighted by molar-refractivity contribution is -0.108. The van der Waals surface area contributed by atoms with Gasteiger partial charge in [0.2, 0.25) is 0 Å². The highest BCUT2D eigenvalue weighted by Gasteiger charge is 2.26. The fraction of sp³-hybridized carbons (Fsp3) is 0.917. The molecule has 1 heteroatoms. The van der Waals surface area contributed by atoms with Gasteiger partial charge in [-0.25, -0.2) is 0 Å². The van der Waals surface area contributed by atoms with Crippen molar-refractivity contribution in [3.05, 3.63) is 0 Å². The summed E-state index contributed by atoms with van der Waals surface area (Å²) in [6.45, 7) is 4.74. The van der Waals surface area contributed by atoms with E-state index in [0.717, 1.165) is 25.0 Å². The van der Waals surface area contributed by atoms with Gasteiger partial charge in [-0.1, -0.05) is 20.3 Å². The first-order chi connectivity index (χ1) is 6.14. The van der Waals surface area contributed by atoms with Gasteiger partial charge in [0, 0.05) is 6.42 Å². The second kappa shape index (κ2) is 4.78. The fourth-order valence-corrected chi connectivity index (χ4v) is 2.24. The van der Waals surface area contributed by atoms with Crippen LogP contribution in [0.4, 0.5) is 0 Å². The van der Waals surface area contributed by atoms with Gasteiger partial charge in [-0.05, 0) is 43.4 Å². The highest BCUT2D eigenvalue weighted by Crippen LogP contribution is 2.39. The van der Waals surface area contributed by atoms with Gasteiger partial charge in [-0.15, -0.1) is 0 Å². The predicted molar refractivity (Wildman–Crippen MR) is 55.7 cm³/mol. The zero-order valence-electron chi connectivity index (χ0n) is 9.01. The largest absolute Gasteiger partial charge is 0.303 e. The monoisotopic (exact) mass is 182 g/mol. The molecule has 0 bridgehead atoms. The molecule has 0 spiro atoms. The van der Waals surface area contributed by atoms with Crippen molar-refractivity contribution in [2.24, 2.45) is 11.3 Å². The number of carbonyl (C=O) groups is 1. The third-order valence-corrected chi connectivity index (χ3v) is 3.39. The molecule has 0 N–H and O–H groups in total. The molecule has 1 aliphatic carbocycles. The first-order valence-electron chi connectivity index (χ1n) is 5.58. The van der Waals surface area contributed by atoms with E-state index in [2.05, 4.69) is 13.8 Å². The molecule has 0 aromatic heterocycles. The van der Waals surface area contributed by atoms with Crippen LogP contribution in [0.2, 0.25) is 0 Å². The van der Waals surface area contributed by atoms with Gasteiger partial charge >= 0.3 is 0 Å². The van der Waals surface area contributed by atoms with Crippen LogP contribution < -0.4 is 0 Å². The van der Waals surface area contributed by atoms with Gasteiger partial charge < -0.3 is 4.79 Å². The van der Waals surface area contributed by atoms with Gasteiger partial charge in [-0.3, -0.25) is 0 Å². The Bertz CT molecular complexity index is 151. The Kier molecular flexibility index (Phi) is 3.95. The average molecular weight is 182 g/mol. The summed E-state index contributed by atoms with van der Waals surface area (Å²) in [6.07, 6.45) is 9.70. The molecule has 76 valence electrons. The lowest BCUT2D eigenvalue weighted by Gasteiger charge is -2.34. The van der Waals surface area contributed by atoms with Crippen LogP contribution in [0.3, 0.4) is 0 Å². The second-order valence-electron chi connectivity index (χ2n) is 5.21. The van der Waals surface area contributed by atoms with Crippen LogP contribution in [0, 0.1) is 11.3 Å². The number of hydrogen-bond donors (Lipinski definition) is 0. The van der Waals surface area contributed by atoms with E-state index in [1.807, 2.05) is 0 Å². The Hall–Kier alpha value is -0.330. The van der Waals surface area contributed by atoms with E-state index < -0.39 is 0 Å². The van der Waals surface area contributed by atoms with Crippen LogP contribution in [0.15, 0.2) is 0 Å². The Morgan fingerprint density at radius 2 is 1.92 bits per heavy atom. The lowest BCUT2D eigenvalue weighted by atomic mass is 9.72. The summed E-state index contributed by atoms with van der Waals surface area (Å²) >= 11 is 0. The Labute approximate surface area is 81.9 Å². The molecular weight excluding hydrogens is 160 g/mol. The molecule has 1 nitrogen and oxygen atoms in total. The van der Waals surface area contributed by atoms with Crippen LogP contribution in [0.1, 0.15) is 58.8 Å². The van der Waals surface area contributed by atoms with E-state index in [0.29, 0.717) is 5.41 Å². The summed E-state index contributed by atoms with van der Waals surface area (Å²) < 4.78 is 0. The van der Waals surface area contributed by atoms with E-state index in [1.54, 1.807) is 0 Å². The molecular formula is C12H22O. The highest BCUT2D eigenvalue weighted by molar-refractivity contribution is 5.48. The average Bonchev–Trinajstić information content (AvgIpc) is 2.08. The van der Waals surface area contributed by atoms with Gasteiger partial charge in [0.1, 0.15) is 6.29 Å². The molecule has 13 heavy (non-hydrogen) atoms. The third-order valence-electron chi connectivity index (χ3n) is 3.39. The van der Waals surface area contributed by atoms with Crippen molar-refractivity contribution in [3.8, 4) is 0 Å². The Morgan fingerprint density at radius 3 is 2.46 bits per heavy atom. The van der Waals surface area contributed by atoms with Gasteiger partial charge in [-0.2, -0.15) is 0 Å². The molecule has 0 unspecified atom stereocenters. The van der Waals surface area contributed by atoms with Crippen molar-refractivity contribution in [2.45, 2.75) is 58.8 Å². The predicted octanol–water partition coefficient (Wildman–Crippen LogP) is 3.57. The number of rotatable bonds is 4. The minimum absolute atomic E-state index is 0.584. The summed E-state index contributed by atoms with van der Waals surface area (Å²) in [5.41, 5.74) is 0.584. The molecule has 1 saturated carbocycles. The summed E-state index contributed by atoms with van der Waals surface area (Å²) in [5.74, 6) is 0.910. The molecule has 0 heterocycles. The maximum atomic E-state index is 10.1. The number of unbranched alkanes of at least 4 members (excludes halogenated alkanes) is 1. The zero-order valence-corrected chi connectivity index (χ0v) is 9.01. The van der Waals surface area contributed by atoms with E-state index in [-0.39, 0.29) is 0 Å². The first-order valence-corrected chi connectivity index (χ1v) is 5.58. The van der Waals surface area contributed by atoms with Gasteiger partial charge in [0.05, 0.1) is 0 Å².